The number of amides is 1. The van der Waals surface area contributed by atoms with E-state index in [2.05, 4.69) is 0 Å². The van der Waals surface area contributed by atoms with Crippen LogP contribution in [0.2, 0.25) is 5.02 Å². The maximum atomic E-state index is 11.7. The second-order valence-electron chi connectivity index (χ2n) is 2.67. The van der Waals surface area contributed by atoms with E-state index in [0.29, 0.717) is 5.02 Å². The molecule has 1 N–H and O–H groups in total. The normalized spacial score (nSPS) is 10.5. The molecule has 0 bridgehead atoms. The molecule has 2 nitrogen and oxygen atoms in total. The maximum absolute atomic E-state index is 11.7. The molecule has 82 valence electrons. The van der Waals surface area contributed by atoms with Crippen molar-refractivity contribution in [1.29, 1.82) is 0 Å². The van der Waals surface area contributed by atoms with E-state index < -0.39 is 12.1 Å². The fourth-order valence-corrected chi connectivity index (χ4v) is 0.958. The average molecular weight is 370 g/mol. The molecule has 0 spiro atoms. The number of nitrogens with one attached hydrogen (secondary N) is 1. The first-order valence-corrected chi connectivity index (χ1v) is 4.24. The van der Waals surface area contributed by atoms with Crippen LogP contribution in [0.1, 0.15) is 10.4 Å². The van der Waals surface area contributed by atoms with Crippen LogP contribution in [0.15, 0.2) is 24.3 Å². The second-order valence-corrected chi connectivity index (χ2v) is 3.10. The van der Waals surface area contributed by atoms with Gasteiger partial charge < -0.3 is 5.32 Å². The van der Waals surface area contributed by atoms with E-state index in [0.717, 1.165) is 0 Å². The molecule has 1 aromatic rings. The van der Waals surface area contributed by atoms with Gasteiger partial charge in [0.2, 0.25) is 5.91 Å². The van der Waals surface area contributed by atoms with Crippen molar-refractivity contribution < 1.29 is 86.9 Å². The summed E-state index contributed by atoms with van der Waals surface area (Å²) in [6.45, 7) is -0.218. The Morgan fingerprint density at radius 3 is 2.19 bits per heavy atom. The van der Waals surface area contributed by atoms with Crippen molar-refractivity contribution in [3.63, 3.8) is 0 Å². The molecular weight excluding hydrogens is 363 g/mol. The van der Waals surface area contributed by atoms with Crippen LogP contribution in [0.25, 0.3) is 0 Å². The first-order valence-electron chi connectivity index (χ1n) is 3.86. The van der Waals surface area contributed by atoms with Crippen LogP contribution >= 0.6 is 11.6 Å². The summed E-state index contributed by atoms with van der Waals surface area (Å²) in [6.07, 6.45) is -4.53. The minimum Gasteiger partial charge on any atom is -0.493 e. The SMILES string of the molecule is O=C(N[CH-]C(F)(F)F)c1ccc(Cl)cc1.[Cs+]. The number of benzene rings is 1. The number of alkyl halides is 3. The molecule has 0 saturated carbocycles. The summed E-state index contributed by atoms with van der Waals surface area (Å²) in [4.78, 5) is 11.1. The van der Waals surface area contributed by atoms with Gasteiger partial charge in [0, 0.05) is 10.6 Å². The van der Waals surface area contributed by atoms with Crippen LogP contribution in [0.3, 0.4) is 0 Å². The smallest absolute Gasteiger partial charge is 0.493 e. The predicted molar refractivity (Wildman–Crippen MR) is 49.3 cm³/mol. The molecule has 1 aromatic carbocycles. The van der Waals surface area contributed by atoms with E-state index >= 15 is 0 Å². The van der Waals surface area contributed by atoms with Crippen LogP contribution in [0.4, 0.5) is 13.2 Å². The summed E-state index contributed by atoms with van der Waals surface area (Å²) in [6, 6.07) is 5.51. The molecule has 1 amide bonds. The monoisotopic (exact) mass is 369 g/mol. The van der Waals surface area contributed by atoms with Crippen LogP contribution in [-0.2, 0) is 0 Å². The number of carbonyl (C=O) groups excluding carboxylic acids is 1. The topological polar surface area (TPSA) is 29.1 Å². The third-order valence-corrected chi connectivity index (χ3v) is 1.73. The van der Waals surface area contributed by atoms with Gasteiger partial charge in [-0.2, -0.15) is 0 Å². The Bertz CT molecular complexity index is 353. The Labute approximate surface area is 154 Å². The molecule has 0 aliphatic heterocycles. The van der Waals surface area contributed by atoms with Gasteiger partial charge >= 0.3 is 68.9 Å². The number of carbonyl (C=O) groups is 1. The van der Waals surface area contributed by atoms with E-state index in [-0.39, 0.29) is 81.0 Å². The zero-order valence-corrected chi connectivity index (χ0v) is 15.3. The second kappa shape index (κ2) is 7.30. The molecule has 0 aromatic heterocycles. The Hall–Kier alpha value is 0.822. The largest absolute Gasteiger partial charge is 1.00 e. The Morgan fingerprint density at radius 2 is 1.75 bits per heavy atom. The van der Waals surface area contributed by atoms with Crippen molar-refractivity contribution in [2.45, 2.75) is 6.18 Å². The summed E-state index contributed by atoms with van der Waals surface area (Å²) in [5.74, 6) is -0.830. The van der Waals surface area contributed by atoms with Crippen molar-refractivity contribution in [2.24, 2.45) is 0 Å². The first-order chi connectivity index (χ1) is 6.88. The average Bonchev–Trinajstić information content (AvgIpc) is 2.14. The van der Waals surface area contributed by atoms with E-state index in [9.17, 15) is 18.0 Å². The van der Waals surface area contributed by atoms with Gasteiger partial charge in [0.1, 0.15) is 0 Å². The van der Waals surface area contributed by atoms with Crippen LogP contribution in [0.5, 0.6) is 0 Å². The first kappa shape index (κ1) is 16.8. The zero-order valence-electron chi connectivity index (χ0n) is 8.31. The number of halogens is 4. The zero-order chi connectivity index (χ0) is 11.5. The van der Waals surface area contributed by atoms with E-state index in [1.165, 1.54) is 24.3 Å². The van der Waals surface area contributed by atoms with E-state index in [1.54, 1.807) is 5.32 Å². The van der Waals surface area contributed by atoms with Crippen LogP contribution in [0, 0.1) is 6.54 Å². The fraction of sp³-hybridized carbons (Fsp3) is 0.111. The molecule has 0 aliphatic carbocycles. The van der Waals surface area contributed by atoms with Crippen LogP contribution < -0.4 is 74.2 Å². The Balaban J connectivity index is 0.00000225. The van der Waals surface area contributed by atoms with Crippen molar-refractivity contribution in [2.75, 3.05) is 0 Å². The van der Waals surface area contributed by atoms with Gasteiger partial charge in [-0.05, 0) is 24.3 Å². The van der Waals surface area contributed by atoms with E-state index in [4.69, 9.17) is 11.6 Å². The van der Waals surface area contributed by atoms with Gasteiger partial charge in [-0.3, -0.25) is 4.79 Å². The van der Waals surface area contributed by atoms with E-state index in [1.807, 2.05) is 0 Å². The standard InChI is InChI=1S/C9H6ClF3NO.Cs/c10-7-3-1-6(2-4-7)8(15)14-5-9(11,12)13;/h1-5H,(H,14,15);/q-1;+1. The summed E-state index contributed by atoms with van der Waals surface area (Å²) < 4.78 is 35.1. The molecule has 1 rings (SSSR count). The van der Waals surface area contributed by atoms with Crippen molar-refractivity contribution >= 4 is 17.5 Å². The molecule has 0 radical (unpaired) electrons. The van der Waals surface area contributed by atoms with Crippen LogP contribution in [-0.4, -0.2) is 12.1 Å². The number of hydrogen-bond donors (Lipinski definition) is 1. The Morgan fingerprint density at radius 1 is 1.25 bits per heavy atom. The van der Waals surface area contributed by atoms with Crippen molar-refractivity contribution in [3.8, 4) is 0 Å². The number of rotatable bonds is 2. The quantitative estimate of drug-likeness (QED) is 0.719. The van der Waals surface area contributed by atoms with Crippen molar-refractivity contribution in [1.82, 2.24) is 5.32 Å². The van der Waals surface area contributed by atoms with Crippen molar-refractivity contribution in [3.05, 3.63) is 41.4 Å². The molecular formula is C9H6ClCsF3NO. The third-order valence-electron chi connectivity index (χ3n) is 1.47. The minimum atomic E-state index is -4.53. The van der Waals surface area contributed by atoms with Gasteiger partial charge in [0.15, 0.2) is 0 Å². The van der Waals surface area contributed by atoms with Gasteiger partial charge in [-0.15, -0.1) is 6.54 Å². The molecule has 0 heterocycles. The molecule has 0 aliphatic rings. The molecule has 7 heteroatoms. The van der Waals surface area contributed by atoms with Gasteiger partial charge in [0.05, 0.1) is 0 Å². The third kappa shape index (κ3) is 6.53. The fourth-order valence-electron chi connectivity index (χ4n) is 0.832. The summed E-state index contributed by atoms with van der Waals surface area (Å²) in [5.41, 5.74) is 0.111. The van der Waals surface area contributed by atoms with Gasteiger partial charge in [-0.25, -0.2) is 13.2 Å². The summed E-state index contributed by atoms with van der Waals surface area (Å²) in [7, 11) is 0. The summed E-state index contributed by atoms with van der Waals surface area (Å²) >= 11 is 5.55. The molecule has 16 heavy (non-hydrogen) atoms. The minimum absolute atomic E-state index is 0. The molecule has 0 fully saturated rings. The van der Waals surface area contributed by atoms with Gasteiger partial charge in [-0.1, -0.05) is 11.6 Å². The molecule has 0 saturated heterocycles. The predicted octanol–water partition coefficient (Wildman–Crippen LogP) is -0.202. The number of hydrogen-bond acceptors (Lipinski definition) is 1. The van der Waals surface area contributed by atoms with Gasteiger partial charge in [0.25, 0.3) is 6.18 Å². The summed E-state index contributed by atoms with van der Waals surface area (Å²) in [5, 5.41) is 2.03. The maximum Gasteiger partial charge on any atom is 1.00 e. The Kier molecular flexibility index (Phi) is 7.67. The molecule has 0 unspecified atom stereocenters. The molecule has 0 atom stereocenters.